The van der Waals surface area contributed by atoms with Crippen LogP contribution in [0.2, 0.25) is 0 Å². The van der Waals surface area contributed by atoms with Gasteiger partial charge in [-0.25, -0.2) is 0 Å². The van der Waals surface area contributed by atoms with Crippen molar-refractivity contribution in [2.24, 2.45) is 0 Å². The van der Waals surface area contributed by atoms with Crippen LogP contribution in [0.15, 0.2) is 54.6 Å². The van der Waals surface area contributed by atoms with Crippen molar-refractivity contribution in [1.82, 2.24) is 0 Å². The van der Waals surface area contributed by atoms with Crippen LogP contribution in [0.5, 0.6) is 0 Å². The zero-order valence-electron chi connectivity index (χ0n) is 12.7. The van der Waals surface area contributed by atoms with Gasteiger partial charge in [0, 0.05) is 0 Å². The number of epoxide rings is 2. The van der Waals surface area contributed by atoms with E-state index in [0.717, 1.165) is 16.7 Å². The van der Waals surface area contributed by atoms with Gasteiger partial charge in [-0.05, 0) is 16.7 Å². The average molecular weight is 330 g/mol. The first kappa shape index (κ1) is 15.1. The highest BCUT2D eigenvalue weighted by Gasteiger charge is 2.58. The molecule has 2 heterocycles. The average Bonchev–Trinajstić information content (AvgIpc) is 3.49. The van der Waals surface area contributed by atoms with Crippen LogP contribution in [0, 0.1) is 0 Å². The number of hydrogen-bond donors (Lipinski definition) is 1. The summed E-state index contributed by atoms with van der Waals surface area (Å²) in [6, 6.07) is 17.6. The lowest BCUT2D eigenvalue weighted by atomic mass is 10.0. The fraction of sp³-hybridized carbons (Fsp3) is 0.333. The quantitative estimate of drug-likeness (QED) is 0.652. The van der Waals surface area contributed by atoms with Crippen LogP contribution in [0.25, 0.3) is 0 Å². The monoisotopic (exact) mass is 330 g/mol. The van der Waals surface area contributed by atoms with Crippen LogP contribution in [-0.2, 0) is 20.6 Å². The zero-order valence-corrected chi connectivity index (χ0v) is 13.6. The number of benzene rings is 2. The summed E-state index contributed by atoms with van der Waals surface area (Å²) in [6.07, 6.45) is 0. The Bertz CT molecular complexity index is 704. The second-order valence-electron chi connectivity index (χ2n) is 6.05. The highest BCUT2D eigenvalue weighted by Crippen LogP contribution is 2.74. The van der Waals surface area contributed by atoms with E-state index in [4.69, 9.17) is 9.47 Å². The number of aliphatic hydroxyl groups is 1. The molecule has 2 aromatic rings. The van der Waals surface area contributed by atoms with Crippen molar-refractivity contribution in [1.29, 1.82) is 0 Å². The Balaban J connectivity index is 1.82. The number of rotatable bonds is 6. The molecule has 0 bridgehead atoms. The fourth-order valence-corrected chi connectivity index (χ4v) is 6.59. The Morgan fingerprint density at radius 2 is 1.48 bits per heavy atom. The predicted molar refractivity (Wildman–Crippen MR) is 87.7 cm³/mol. The van der Waals surface area contributed by atoms with Gasteiger partial charge in [0.1, 0.15) is 11.7 Å². The summed E-state index contributed by atoms with van der Waals surface area (Å²) < 4.78 is 24.8. The molecule has 3 atom stereocenters. The molecule has 2 aromatic carbocycles. The first-order valence-electron chi connectivity index (χ1n) is 7.80. The molecule has 0 amide bonds. The van der Waals surface area contributed by atoms with Gasteiger partial charge in [-0.1, -0.05) is 54.6 Å². The van der Waals surface area contributed by atoms with Crippen LogP contribution >= 0.6 is 7.14 Å². The molecule has 3 unspecified atom stereocenters. The smallest absolute Gasteiger partial charge is 0.158 e. The maximum absolute atomic E-state index is 13.9. The highest BCUT2D eigenvalue weighted by atomic mass is 31.2. The van der Waals surface area contributed by atoms with Crippen molar-refractivity contribution in [3.63, 3.8) is 0 Å². The lowest BCUT2D eigenvalue weighted by molar-refractivity contribution is 0.282. The van der Waals surface area contributed by atoms with Crippen molar-refractivity contribution in [2.45, 2.75) is 24.0 Å². The van der Waals surface area contributed by atoms with Gasteiger partial charge < -0.3 is 19.1 Å². The molecule has 120 valence electrons. The molecule has 23 heavy (non-hydrogen) atoms. The molecule has 2 fully saturated rings. The maximum atomic E-state index is 13.9. The van der Waals surface area contributed by atoms with Crippen LogP contribution in [0.3, 0.4) is 0 Å². The second kappa shape index (κ2) is 5.88. The Morgan fingerprint density at radius 1 is 0.957 bits per heavy atom. The first-order chi connectivity index (χ1) is 11.2. The normalized spacial score (nSPS) is 26.3. The summed E-state index contributed by atoms with van der Waals surface area (Å²) in [6.45, 7) is 1.11. The molecule has 4 nitrogen and oxygen atoms in total. The van der Waals surface area contributed by atoms with E-state index in [-0.39, 0.29) is 24.0 Å². The standard InChI is InChI=1S/C18H19O4P/c19-10-13-6-8-15(9-7-13)18(14-4-2-1-3-5-14)23(20,16-11-21-16)17-12-22-17/h1-9,16-19H,10-12H2. The zero-order chi connectivity index (χ0) is 15.9. The molecule has 5 heteroatoms. The minimum absolute atomic E-state index is 0.00537. The molecule has 0 aliphatic carbocycles. The van der Waals surface area contributed by atoms with Gasteiger partial charge in [0.05, 0.1) is 25.5 Å². The van der Waals surface area contributed by atoms with Gasteiger partial charge >= 0.3 is 0 Å². The van der Waals surface area contributed by atoms with Crippen LogP contribution in [0.1, 0.15) is 22.3 Å². The molecule has 2 aliphatic rings. The first-order valence-corrected chi connectivity index (χ1v) is 9.72. The van der Waals surface area contributed by atoms with Gasteiger partial charge in [0.25, 0.3) is 0 Å². The molecule has 0 saturated carbocycles. The molecule has 2 aliphatic heterocycles. The van der Waals surface area contributed by atoms with E-state index in [1.165, 1.54) is 0 Å². The lowest BCUT2D eigenvalue weighted by Gasteiger charge is -2.26. The van der Waals surface area contributed by atoms with Gasteiger partial charge in [0.15, 0.2) is 7.14 Å². The Kier molecular flexibility index (Phi) is 3.86. The molecule has 0 spiro atoms. The summed E-state index contributed by atoms with van der Waals surface area (Å²) in [5, 5.41) is 9.25. The van der Waals surface area contributed by atoms with Gasteiger partial charge in [-0.15, -0.1) is 0 Å². The van der Waals surface area contributed by atoms with E-state index >= 15 is 0 Å². The molecule has 0 aromatic heterocycles. The number of aliphatic hydroxyl groups excluding tert-OH is 1. The van der Waals surface area contributed by atoms with Crippen molar-refractivity contribution in [2.75, 3.05) is 13.2 Å². The Morgan fingerprint density at radius 3 is 1.96 bits per heavy atom. The Hall–Kier alpha value is -1.45. The lowest BCUT2D eigenvalue weighted by Crippen LogP contribution is -2.11. The summed E-state index contributed by atoms with van der Waals surface area (Å²) in [5.74, 6) is -0.393. The van der Waals surface area contributed by atoms with Gasteiger partial charge in [-0.3, -0.25) is 0 Å². The molecule has 2 saturated heterocycles. The van der Waals surface area contributed by atoms with Crippen molar-refractivity contribution in [3.8, 4) is 0 Å². The minimum Gasteiger partial charge on any atom is -0.392 e. The van der Waals surface area contributed by atoms with Crippen LogP contribution in [-0.4, -0.2) is 30.0 Å². The predicted octanol–water partition coefficient (Wildman–Crippen LogP) is 3.34. The molecule has 0 radical (unpaired) electrons. The van der Waals surface area contributed by atoms with Crippen molar-refractivity contribution >= 4 is 7.14 Å². The Labute approximate surface area is 135 Å². The molecular formula is C18H19O4P. The van der Waals surface area contributed by atoms with E-state index in [1.54, 1.807) is 0 Å². The third-order valence-corrected chi connectivity index (χ3v) is 8.33. The van der Waals surface area contributed by atoms with Crippen molar-refractivity contribution < 1.29 is 19.1 Å². The third-order valence-electron chi connectivity index (χ3n) is 4.53. The highest BCUT2D eigenvalue weighted by molar-refractivity contribution is 7.66. The molecule has 4 rings (SSSR count). The van der Waals surface area contributed by atoms with E-state index < -0.39 is 7.14 Å². The summed E-state index contributed by atoms with van der Waals surface area (Å²) in [5.41, 5.74) is 2.64. The van der Waals surface area contributed by atoms with Crippen molar-refractivity contribution in [3.05, 3.63) is 71.3 Å². The second-order valence-corrected chi connectivity index (χ2v) is 9.25. The topological polar surface area (TPSA) is 62.4 Å². The molecular weight excluding hydrogens is 311 g/mol. The van der Waals surface area contributed by atoms with E-state index in [9.17, 15) is 9.67 Å². The summed E-state index contributed by atoms with van der Waals surface area (Å²) >= 11 is 0. The van der Waals surface area contributed by atoms with Crippen LogP contribution in [0.4, 0.5) is 0 Å². The van der Waals surface area contributed by atoms with Gasteiger partial charge in [-0.2, -0.15) is 0 Å². The van der Waals surface area contributed by atoms with E-state index in [2.05, 4.69) is 0 Å². The van der Waals surface area contributed by atoms with Crippen LogP contribution < -0.4 is 0 Å². The minimum atomic E-state index is -2.73. The third kappa shape index (κ3) is 2.77. The number of ether oxygens (including phenoxy) is 2. The maximum Gasteiger partial charge on any atom is 0.158 e. The summed E-state index contributed by atoms with van der Waals surface area (Å²) in [4.78, 5) is 0. The molecule has 1 N–H and O–H groups in total. The van der Waals surface area contributed by atoms with Gasteiger partial charge in [0.2, 0.25) is 0 Å². The number of hydrogen-bond acceptors (Lipinski definition) is 4. The fourth-order valence-electron chi connectivity index (χ4n) is 3.17. The van der Waals surface area contributed by atoms with E-state index in [0.29, 0.717) is 13.2 Å². The SMILES string of the molecule is O=P(C1CO1)(C1CO1)C(c1ccccc1)c1ccc(CO)cc1. The summed E-state index contributed by atoms with van der Waals surface area (Å²) in [7, 11) is -2.73. The van der Waals surface area contributed by atoms with E-state index in [1.807, 2.05) is 54.6 Å². The largest absolute Gasteiger partial charge is 0.392 e.